The van der Waals surface area contributed by atoms with Crippen LogP contribution in [0.5, 0.6) is 0 Å². The van der Waals surface area contributed by atoms with Crippen LogP contribution in [0.25, 0.3) is 0 Å². The molecule has 1 aromatic carbocycles. The quantitative estimate of drug-likeness (QED) is 0.874. The molecule has 0 heterocycles. The number of benzene rings is 1. The van der Waals surface area contributed by atoms with Crippen molar-refractivity contribution in [2.24, 2.45) is 5.73 Å². The Hall–Kier alpha value is -0.870. The number of carboxylic acids is 1. The van der Waals surface area contributed by atoms with Gasteiger partial charge in [0.25, 0.3) is 0 Å². The van der Waals surface area contributed by atoms with E-state index in [0.717, 1.165) is 10.0 Å². The van der Waals surface area contributed by atoms with Gasteiger partial charge in [-0.15, -0.1) is 0 Å². The molecule has 4 heteroatoms. The van der Waals surface area contributed by atoms with Crippen LogP contribution < -0.4 is 5.73 Å². The van der Waals surface area contributed by atoms with Crippen molar-refractivity contribution in [3.63, 3.8) is 0 Å². The van der Waals surface area contributed by atoms with E-state index in [0.29, 0.717) is 12.8 Å². The van der Waals surface area contributed by atoms with Gasteiger partial charge in [0.15, 0.2) is 0 Å². The highest BCUT2D eigenvalue weighted by Crippen LogP contribution is 2.20. The first kappa shape index (κ1) is 13.2. The van der Waals surface area contributed by atoms with Crippen molar-refractivity contribution in [2.75, 3.05) is 0 Å². The van der Waals surface area contributed by atoms with E-state index in [1.807, 2.05) is 25.1 Å². The molecule has 0 aromatic heterocycles. The highest BCUT2D eigenvalue weighted by atomic mass is 79.9. The van der Waals surface area contributed by atoms with Gasteiger partial charge >= 0.3 is 5.97 Å². The van der Waals surface area contributed by atoms with Crippen molar-refractivity contribution in [2.45, 2.75) is 32.2 Å². The molecule has 1 aromatic rings. The van der Waals surface area contributed by atoms with Crippen molar-refractivity contribution < 1.29 is 9.90 Å². The molecule has 0 bridgehead atoms. The largest absolute Gasteiger partial charge is 0.481 e. The number of hydrogen-bond acceptors (Lipinski definition) is 2. The van der Waals surface area contributed by atoms with Gasteiger partial charge < -0.3 is 10.8 Å². The van der Waals surface area contributed by atoms with Gasteiger partial charge in [-0.05, 0) is 37.0 Å². The molecule has 0 fully saturated rings. The molecule has 0 saturated carbocycles. The fourth-order valence-electron chi connectivity index (χ4n) is 1.51. The maximum Gasteiger partial charge on any atom is 0.303 e. The summed E-state index contributed by atoms with van der Waals surface area (Å²) in [6.07, 6.45) is 1.34. The SMILES string of the molecule is Cc1ccc(CC(N)CCC(=O)O)c(Br)c1. The topological polar surface area (TPSA) is 63.3 Å². The highest BCUT2D eigenvalue weighted by molar-refractivity contribution is 9.10. The van der Waals surface area contributed by atoms with Gasteiger partial charge in [-0.25, -0.2) is 0 Å². The summed E-state index contributed by atoms with van der Waals surface area (Å²) in [5, 5.41) is 8.55. The number of halogens is 1. The van der Waals surface area contributed by atoms with Crippen LogP contribution in [0.15, 0.2) is 22.7 Å². The Morgan fingerprint density at radius 2 is 2.25 bits per heavy atom. The zero-order valence-corrected chi connectivity index (χ0v) is 10.8. The van der Waals surface area contributed by atoms with E-state index in [1.54, 1.807) is 0 Å². The summed E-state index contributed by atoms with van der Waals surface area (Å²) in [4.78, 5) is 10.4. The van der Waals surface area contributed by atoms with E-state index in [-0.39, 0.29) is 12.5 Å². The van der Waals surface area contributed by atoms with Crippen LogP contribution in [-0.2, 0) is 11.2 Å². The number of rotatable bonds is 5. The maximum absolute atomic E-state index is 10.4. The Kier molecular flexibility index (Phi) is 4.96. The fraction of sp³-hybridized carbons (Fsp3) is 0.417. The molecule has 0 amide bonds. The zero-order valence-electron chi connectivity index (χ0n) is 9.24. The first-order chi connectivity index (χ1) is 7.49. The van der Waals surface area contributed by atoms with Gasteiger partial charge in [-0.1, -0.05) is 28.1 Å². The first-order valence-electron chi connectivity index (χ1n) is 5.21. The number of nitrogens with two attached hydrogens (primary N) is 1. The van der Waals surface area contributed by atoms with E-state index in [1.165, 1.54) is 5.56 Å². The summed E-state index contributed by atoms with van der Waals surface area (Å²) in [6.45, 7) is 2.03. The van der Waals surface area contributed by atoms with E-state index in [2.05, 4.69) is 15.9 Å². The molecule has 1 rings (SSSR count). The maximum atomic E-state index is 10.4. The molecule has 1 atom stereocenters. The highest BCUT2D eigenvalue weighted by Gasteiger charge is 2.09. The van der Waals surface area contributed by atoms with Gasteiger partial charge in [0, 0.05) is 16.9 Å². The first-order valence-corrected chi connectivity index (χ1v) is 6.00. The molecular weight excluding hydrogens is 270 g/mol. The smallest absolute Gasteiger partial charge is 0.303 e. The molecule has 0 aliphatic carbocycles. The van der Waals surface area contributed by atoms with Crippen molar-refractivity contribution >= 4 is 21.9 Å². The van der Waals surface area contributed by atoms with E-state index >= 15 is 0 Å². The fourth-order valence-corrected chi connectivity index (χ4v) is 2.17. The van der Waals surface area contributed by atoms with Gasteiger partial charge in [-0.3, -0.25) is 4.79 Å². The average molecular weight is 286 g/mol. The van der Waals surface area contributed by atoms with Crippen LogP contribution in [0.2, 0.25) is 0 Å². The lowest BCUT2D eigenvalue weighted by molar-refractivity contribution is -0.137. The monoisotopic (exact) mass is 285 g/mol. The molecule has 16 heavy (non-hydrogen) atoms. The molecule has 0 radical (unpaired) electrons. The lowest BCUT2D eigenvalue weighted by Crippen LogP contribution is -2.24. The van der Waals surface area contributed by atoms with Gasteiger partial charge in [-0.2, -0.15) is 0 Å². The van der Waals surface area contributed by atoms with Crippen molar-refractivity contribution in [3.8, 4) is 0 Å². The predicted octanol–water partition coefficient (Wildman–Crippen LogP) is 2.49. The normalized spacial score (nSPS) is 12.4. The molecule has 88 valence electrons. The van der Waals surface area contributed by atoms with E-state index < -0.39 is 5.97 Å². The van der Waals surface area contributed by atoms with Crippen LogP contribution in [-0.4, -0.2) is 17.1 Å². The lowest BCUT2D eigenvalue weighted by Gasteiger charge is -2.12. The molecule has 1 unspecified atom stereocenters. The Bertz CT molecular complexity index is 379. The van der Waals surface area contributed by atoms with E-state index in [9.17, 15) is 4.79 Å². The second-order valence-electron chi connectivity index (χ2n) is 3.99. The summed E-state index contributed by atoms with van der Waals surface area (Å²) < 4.78 is 1.04. The molecule has 0 saturated heterocycles. The third kappa shape index (κ3) is 4.33. The van der Waals surface area contributed by atoms with Crippen LogP contribution in [0.1, 0.15) is 24.0 Å². The molecule has 0 aliphatic rings. The summed E-state index contributed by atoms with van der Waals surface area (Å²) in [5.41, 5.74) is 8.19. The second-order valence-corrected chi connectivity index (χ2v) is 4.85. The number of carboxylic acid groups (broad SMARTS) is 1. The summed E-state index contributed by atoms with van der Waals surface area (Å²) in [5.74, 6) is -0.793. The van der Waals surface area contributed by atoms with Crippen molar-refractivity contribution in [1.82, 2.24) is 0 Å². The van der Waals surface area contributed by atoms with Gasteiger partial charge in [0.05, 0.1) is 0 Å². The third-order valence-electron chi connectivity index (χ3n) is 2.42. The van der Waals surface area contributed by atoms with Crippen LogP contribution in [0.3, 0.4) is 0 Å². The molecule has 0 aliphatic heterocycles. The molecule has 3 nitrogen and oxygen atoms in total. The van der Waals surface area contributed by atoms with Crippen LogP contribution >= 0.6 is 15.9 Å². The van der Waals surface area contributed by atoms with Crippen molar-refractivity contribution in [1.29, 1.82) is 0 Å². The number of aliphatic carboxylic acids is 1. The summed E-state index contributed by atoms with van der Waals surface area (Å²) in [7, 11) is 0. The molecule has 0 spiro atoms. The Morgan fingerprint density at radius 3 is 2.81 bits per heavy atom. The Morgan fingerprint density at radius 1 is 1.56 bits per heavy atom. The number of aryl methyl sites for hydroxylation is 1. The Labute approximate surface area is 104 Å². The lowest BCUT2D eigenvalue weighted by atomic mass is 10.0. The minimum Gasteiger partial charge on any atom is -0.481 e. The average Bonchev–Trinajstić information content (AvgIpc) is 2.19. The van der Waals surface area contributed by atoms with Crippen molar-refractivity contribution in [3.05, 3.63) is 33.8 Å². The number of hydrogen-bond donors (Lipinski definition) is 2. The third-order valence-corrected chi connectivity index (χ3v) is 3.16. The molecule has 3 N–H and O–H groups in total. The minimum atomic E-state index is -0.793. The van der Waals surface area contributed by atoms with E-state index in [4.69, 9.17) is 10.8 Å². The predicted molar refractivity (Wildman–Crippen MR) is 67.4 cm³/mol. The van der Waals surface area contributed by atoms with Crippen LogP contribution in [0, 0.1) is 6.92 Å². The minimum absolute atomic E-state index is 0.102. The Balaban J connectivity index is 2.55. The summed E-state index contributed by atoms with van der Waals surface area (Å²) >= 11 is 3.48. The molecular formula is C12H16BrNO2. The second kappa shape index (κ2) is 6.01. The van der Waals surface area contributed by atoms with Gasteiger partial charge in [0.2, 0.25) is 0 Å². The van der Waals surface area contributed by atoms with Crippen LogP contribution in [0.4, 0.5) is 0 Å². The standard InChI is InChI=1S/C12H16BrNO2/c1-8-2-3-9(11(13)6-8)7-10(14)4-5-12(15)16/h2-3,6,10H,4-5,7,14H2,1H3,(H,15,16). The summed E-state index contributed by atoms with van der Waals surface area (Å²) in [6, 6.07) is 6.00. The number of carbonyl (C=O) groups is 1. The zero-order chi connectivity index (χ0) is 12.1. The van der Waals surface area contributed by atoms with Gasteiger partial charge in [0.1, 0.15) is 0 Å².